The van der Waals surface area contributed by atoms with E-state index in [0.717, 1.165) is 27.8 Å². The first-order valence-corrected chi connectivity index (χ1v) is 6.40. The molecule has 19 heavy (non-hydrogen) atoms. The number of aryl methyl sites for hydroxylation is 1. The third kappa shape index (κ3) is 3.03. The van der Waals surface area contributed by atoms with E-state index in [2.05, 4.69) is 10.3 Å². The first kappa shape index (κ1) is 13.8. The number of benzene rings is 1. The number of para-hydroxylation sites is 1. The number of aliphatic hydroxyl groups excluding tert-OH is 1. The van der Waals surface area contributed by atoms with E-state index >= 15 is 0 Å². The van der Waals surface area contributed by atoms with Crippen molar-refractivity contribution in [2.75, 3.05) is 25.6 Å². The van der Waals surface area contributed by atoms with Gasteiger partial charge in [-0.3, -0.25) is 4.98 Å². The largest absolute Gasteiger partial charge is 0.389 e. The molecule has 2 rings (SSSR count). The number of nitrogens with one attached hydrogen (secondary N) is 1. The van der Waals surface area contributed by atoms with Crippen LogP contribution in [0.3, 0.4) is 0 Å². The van der Waals surface area contributed by atoms with Crippen molar-refractivity contribution in [1.82, 2.24) is 4.98 Å². The first-order valence-electron chi connectivity index (χ1n) is 6.40. The molecule has 4 nitrogen and oxygen atoms in total. The van der Waals surface area contributed by atoms with Gasteiger partial charge >= 0.3 is 0 Å². The standard InChI is InChI=1S/C15H20N2O2/c1-10-11(2)17-14-7-5-4-6-13(14)15(10)16-8-12(18)9-19-3/h4-7,12,18H,8-9H2,1-3H3,(H,16,17)/t12-/m0/s1. The molecule has 0 spiro atoms. The number of hydrogen-bond acceptors (Lipinski definition) is 4. The van der Waals surface area contributed by atoms with Crippen molar-refractivity contribution in [2.24, 2.45) is 0 Å². The van der Waals surface area contributed by atoms with Crippen LogP contribution >= 0.6 is 0 Å². The van der Waals surface area contributed by atoms with Crippen LogP contribution in [0.2, 0.25) is 0 Å². The van der Waals surface area contributed by atoms with Crippen LogP contribution in [0.4, 0.5) is 5.69 Å². The second-order valence-corrected chi connectivity index (χ2v) is 4.70. The van der Waals surface area contributed by atoms with Crippen molar-refractivity contribution in [2.45, 2.75) is 20.0 Å². The number of nitrogens with zero attached hydrogens (tertiary/aromatic N) is 1. The number of aliphatic hydroxyl groups is 1. The number of anilines is 1. The molecule has 2 N–H and O–H groups in total. The van der Waals surface area contributed by atoms with Gasteiger partial charge in [0, 0.05) is 30.4 Å². The fourth-order valence-electron chi connectivity index (χ4n) is 2.13. The van der Waals surface area contributed by atoms with Crippen LogP contribution in [0, 0.1) is 13.8 Å². The summed E-state index contributed by atoms with van der Waals surface area (Å²) in [7, 11) is 1.58. The summed E-state index contributed by atoms with van der Waals surface area (Å²) < 4.78 is 4.93. The number of methoxy groups -OCH3 is 1. The highest BCUT2D eigenvalue weighted by Crippen LogP contribution is 2.27. The predicted molar refractivity (Wildman–Crippen MR) is 77.6 cm³/mol. The molecule has 1 aromatic carbocycles. The minimum Gasteiger partial charge on any atom is -0.389 e. The topological polar surface area (TPSA) is 54.4 Å². The molecule has 0 fully saturated rings. The van der Waals surface area contributed by atoms with Gasteiger partial charge < -0.3 is 15.2 Å². The molecule has 0 aliphatic carbocycles. The maximum atomic E-state index is 9.74. The smallest absolute Gasteiger partial charge is 0.0945 e. The molecular formula is C15H20N2O2. The molecule has 102 valence electrons. The summed E-state index contributed by atoms with van der Waals surface area (Å²) in [5.41, 5.74) is 4.12. The van der Waals surface area contributed by atoms with E-state index in [-0.39, 0.29) is 0 Å². The van der Waals surface area contributed by atoms with Gasteiger partial charge in [-0.15, -0.1) is 0 Å². The zero-order valence-corrected chi connectivity index (χ0v) is 11.6. The number of pyridine rings is 1. The van der Waals surface area contributed by atoms with Crippen LogP contribution in [0.5, 0.6) is 0 Å². The van der Waals surface area contributed by atoms with Crippen LogP contribution < -0.4 is 5.32 Å². The molecule has 4 heteroatoms. The molecular weight excluding hydrogens is 240 g/mol. The molecule has 0 saturated heterocycles. The second-order valence-electron chi connectivity index (χ2n) is 4.70. The monoisotopic (exact) mass is 260 g/mol. The molecule has 2 aromatic rings. The zero-order valence-electron chi connectivity index (χ0n) is 11.6. The van der Waals surface area contributed by atoms with Gasteiger partial charge in [-0.25, -0.2) is 0 Å². The third-order valence-electron chi connectivity index (χ3n) is 3.25. The highest BCUT2D eigenvalue weighted by molar-refractivity contribution is 5.93. The van der Waals surface area contributed by atoms with Crippen molar-refractivity contribution in [3.8, 4) is 0 Å². The van der Waals surface area contributed by atoms with Crippen LogP contribution in [0.15, 0.2) is 24.3 Å². The van der Waals surface area contributed by atoms with Gasteiger partial charge in [-0.1, -0.05) is 18.2 Å². The summed E-state index contributed by atoms with van der Waals surface area (Å²) in [5, 5.41) is 14.1. The molecule has 0 radical (unpaired) electrons. The molecule has 1 aromatic heterocycles. The number of fused-ring (bicyclic) bond motifs is 1. The first-order chi connectivity index (χ1) is 9.13. The van der Waals surface area contributed by atoms with E-state index in [0.29, 0.717) is 13.2 Å². The fraction of sp³-hybridized carbons (Fsp3) is 0.400. The molecule has 0 bridgehead atoms. The van der Waals surface area contributed by atoms with E-state index in [9.17, 15) is 5.11 Å². The van der Waals surface area contributed by atoms with Gasteiger partial charge in [0.1, 0.15) is 0 Å². The molecule has 1 heterocycles. The number of rotatable bonds is 5. The number of aromatic nitrogens is 1. The van der Waals surface area contributed by atoms with Crippen LogP contribution in [-0.4, -0.2) is 36.5 Å². The average Bonchev–Trinajstić information content (AvgIpc) is 2.39. The zero-order chi connectivity index (χ0) is 13.8. The molecule has 0 aliphatic heterocycles. The SMILES string of the molecule is COC[C@@H](O)CNc1c(C)c(C)nc2ccccc12. The summed E-state index contributed by atoms with van der Waals surface area (Å²) in [6.45, 7) is 4.83. The Morgan fingerprint density at radius 3 is 2.79 bits per heavy atom. The Hall–Kier alpha value is -1.65. The lowest BCUT2D eigenvalue weighted by Gasteiger charge is -2.17. The van der Waals surface area contributed by atoms with Gasteiger partial charge in [0.05, 0.1) is 18.2 Å². The fourth-order valence-corrected chi connectivity index (χ4v) is 2.13. The van der Waals surface area contributed by atoms with Crippen LogP contribution in [0.25, 0.3) is 10.9 Å². The minimum atomic E-state index is -0.517. The highest BCUT2D eigenvalue weighted by Gasteiger charge is 2.10. The normalized spacial score (nSPS) is 12.6. The molecule has 0 unspecified atom stereocenters. The van der Waals surface area contributed by atoms with Crippen LogP contribution in [0.1, 0.15) is 11.3 Å². The van der Waals surface area contributed by atoms with Crippen molar-refractivity contribution in [3.63, 3.8) is 0 Å². The van der Waals surface area contributed by atoms with E-state index in [1.807, 2.05) is 38.1 Å². The molecule has 0 saturated carbocycles. The minimum absolute atomic E-state index is 0.327. The summed E-state index contributed by atoms with van der Waals surface area (Å²) in [4.78, 5) is 4.57. The number of hydrogen-bond donors (Lipinski definition) is 2. The Morgan fingerprint density at radius 1 is 1.32 bits per heavy atom. The van der Waals surface area contributed by atoms with Crippen molar-refractivity contribution in [3.05, 3.63) is 35.5 Å². The quantitative estimate of drug-likeness (QED) is 0.866. The molecule has 0 amide bonds. The average molecular weight is 260 g/mol. The van der Waals surface area contributed by atoms with E-state index in [1.165, 1.54) is 0 Å². The van der Waals surface area contributed by atoms with Crippen molar-refractivity contribution < 1.29 is 9.84 Å². The Labute approximate surface area is 113 Å². The van der Waals surface area contributed by atoms with E-state index in [1.54, 1.807) is 7.11 Å². The van der Waals surface area contributed by atoms with Crippen LogP contribution in [-0.2, 0) is 4.74 Å². The van der Waals surface area contributed by atoms with Gasteiger partial charge in [0.2, 0.25) is 0 Å². The molecule has 1 atom stereocenters. The summed E-state index contributed by atoms with van der Waals surface area (Å²) in [6.07, 6.45) is -0.517. The van der Waals surface area contributed by atoms with E-state index in [4.69, 9.17) is 4.74 Å². The lowest BCUT2D eigenvalue weighted by molar-refractivity contribution is 0.0728. The Kier molecular flexibility index (Phi) is 4.35. The lowest BCUT2D eigenvalue weighted by Crippen LogP contribution is -2.24. The highest BCUT2D eigenvalue weighted by atomic mass is 16.5. The number of ether oxygens (including phenoxy) is 1. The van der Waals surface area contributed by atoms with Gasteiger partial charge in [-0.05, 0) is 25.5 Å². The second kappa shape index (κ2) is 5.99. The van der Waals surface area contributed by atoms with Gasteiger partial charge in [0.25, 0.3) is 0 Å². The Balaban J connectivity index is 2.32. The van der Waals surface area contributed by atoms with Crippen molar-refractivity contribution in [1.29, 1.82) is 0 Å². The molecule has 0 aliphatic rings. The summed E-state index contributed by atoms with van der Waals surface area (Å²) >= 11 is 0. The van der Waals surface area contributed by atoms with E-state index < -0.39 is 6.10 Å². The van der Waals surface area contributed by atoms with Gasteiger partial charge in [0.15, 0.2) is 0 Å². The maximum Gasteiger partial charge on any atom is 0.0945 e. The lowest BCUT2D eigenvalue weighted by atomic mass is 10.1. The Morgan fingerprint density at radius 2 is 2.05 bits per heavy atom. The summed E-state index contributed by atoms with van der Waals surface area (Å²) in [6, 6.07) is 8.02. The summed E-state index contributed by atoms with van der Waals surface area (Å²) in [5.74, 6) is 0. The van der Waals surface area contributed by atoms with Crippen molar-refractivity contribution >= 4 is 16.6 Å². The Bertz CT molecular complexity index is 569. The van der Waals surface area contributed by atoms with Gasteiger partial charge in [-0.2, -0.15) is 0 Å². The maximum absolute atomic E-state index is 9.74. The third-order valence-corrected chi connectivity index (χ3v) is 3.25. The predicted octanol–water partition coefficient (Wildman–Crippen LogP) is 2.27.